The number of nitrogens with one attached hydrogen (secondary N) is 1. The van der Waals surface area contributed by atoms with Crippen molar-refractivity contribution < 1.29 is 0 Å². The molecule has 1 N–H and O–H groups in total. The van der Waals surface area contributed by atoms with Gasteiger partial charge in [0.05, 0.1) is 0 Å². The number of fused-ring (bicyclic) bond motifs is 1. The number of nitrogens with zero attached hydrogens (tertiary/aromatic N) is 1. The summed E-state index contributed by atoms with van der Waals surface area (Å²) in [6.07, 6.45) is 8.02. The molecule has 3 rings (SSSR count). The van der Waals surface area contributed by atoms with E-state index in [0.29, 0.717) is 0 Å². The summed E-state index contributed by atoms with van der Waals surface area (Å²) < 4.78 is 0. The number of hydrogen-bond donors (Lipinski definition) is 1. The van der Waals surface area contributed by atoms with Crippen LogP contribution in [-0.2, 0) is 13.0 Å². The molecular formula is C17H26N2. The van der Waals surface area contributed by atoms with Crippen molar-refractivity contribution in [3.05, 3.63) is 29.3 Å². The van der Waals surface area contributed by atoms with E-state index in [2.05, 4.69) is 35.3 Å². The third-order valence-electron chi connectivity index (χ3n) is 4.77. The van der Waals surface area contributed by atoms with E-state index in [0.717, 1.165) is 19.1 Å². The van der Waals surface area contributed by atoms with Gasteiger partial charge in [-0.1, -0.05) is 31.9 Å². The number of rotatable bonds is 2. The second-order valence-electron chi connectivity index (χ2n) is 5.95. The molecular weight excluding hydrogens is 232 g/mol. The molecule has 0 bridgehead atoms. The van der Waals surface area contributed by atoms with Crippen LogP contribution in [0.4, 0.5) is 5.69 Å². The normalized spacial score (nSPS) is 23.8. The molecule has 19 heavy (non-hydrogen) atoms. The van der Waals surface area contributed by atoms with E-state index in [1.54, 1.807) is 5.56 Å². The molecule has 2 aliphatic heterocycles. The van der Waals surface area contributed by atoms with Crippen molar-refractivity contribution in [2.45, 2.75) is 58.0 Å². The standard InChI is InChI=1S/C17H26N2/c1-2-15-8-4-3-5-12-19(15)17-9-6-7-14-13-18-11-10-16(14)17/h6-7,9,15,18H,2-5,8,10-13H2,1H3. The largest absolute Gasteiger partial charge is 0.368 e. The first-order chi connectivity index (χ1) is 9.40. The lowest BCUT2D eigenvalue weighted by Crippen LogP contribution is -2.36. The molecule has 0 saturated carbocycles. The van der Waals surface area contributed by atoms with E-state index in [1.165, 1.54) is 56.3 Å². The van der Waals surface area contributed by atoms with Gasteiger partial charge in [0.1, 0.15) is 0 Å². The molecule has 1 aromatic carbocycles. The first-order valence-corrected chi connectivity index (χ1v) is 7.98. The van der Waals surface area contributed by atoms with Crippen LogP contribution in [0.1, 0.15) is 50.2 Å². The van der Waals surface area contributed by atoms with Crippen LogP contribution in [-0.4, -0.2) is 19.1 Å². The van der Waals surface area contributed by atoms with Crippen molar-refractivity contribution in [3.63, 3.8) is 0 Å². The smallest absolute Gasteiger partial charge is 0.0405 e. The second kappa shape index (κ2) is 5.96. The van der Waals surface area contributed by atoms with Crippen LogP contribution in [0.3, 0.4) is 0 Å². The van der Waals surface area contributed by atoms with Gasteiger partial charge in [-0.05, 0) is 49.4 Å². The van der Waals surface area contributed by atoms with Crippen molar-refractivity contribution in [2.24, 2.45) is 0 Å². The molecule has 0 aliphatic carbocycles. The van der Waals surface area contributed by atoms with Gasteiger partial charge in [-0.2, -0.15) is 0 Å². The monoisotopic (exact) mass is 258 g/mol. The Bertz CT molecular complexity index is 427. The highest BCUT2D eigenvalue weighted by Gasteiger charge is 2.23. The summed E-state index contributed by atoms with van der Waals surface area (Å²) in [4.78, 5) is 2.72. The molecule has 1 atom stereocenters. The van der Waals surface area contributed by atoms with E-state index in [-0.39, 0.29) is 0 Å². The minimum absolute atomic E-state index is 0.754. The van der Waals surface area contributed by atoms with Crippen molar-refractivity contribution in [2.75, 3.05) is 18.0 Å². The summed E-state index contributed by atoms with van der Waals surface area (Å²) in [7, 11) is 0. The van der Waals surface area contributed by atoms with Crippen LogP contribution in [0, 0.1) is 0 Å². The van der Waals surface area contributed by atoms with Gasteiger partial charge in [-0.15, -0.1) is 0 Å². The first kappa shape index (κ1) is 13.0. The average Bonchev–Trinajstić information content (AvgIpc) is 2.71. The van der Waals surface area contributed by atoms with Crippen LogP contribution < -0.4 is 10.2 Å². The maximum Gasteiger partial charge on any atom is 0.0405 e. The fourth-order valence-corrected chi connectivity index (χ4v) is 3.70. The Labute approximate surface area is 117 Å². The molecule has 2 heterocycles. The Balaban J connectivity index is 1.95. The first-order valence-electron chi connectivity index (χ1n) is 7.98. The van der Waals surface area contributed by atoms with Gasteiger partial charge in [-0.25, -0.2) is 0 Å². The predicted molar refractivity (Wildman–Crippen MR) is 81.7 cm³/mol. The SMILES string of the molecule is CCC1CCCCCN1c1cccc2c1CCNC2. The van der Waals surface area contributed by atoms with Crippen molar-refractivity contribution in [1.82, 2.24) is 5.32 Å². The third kappa shape index (κ3) is 2.64. The summed E-state index contributed by atoms with van der Waals surface area (Å²) in [6.45, 7) is 5.78. The van der Waals surface area contributed by atoms with E-state index < -0.39 is 0 Å². The molecule has 2 heteroatoms. The molecule has 1 fully saturated rings. The Kier molecular flexibility index (Phi) is 4.07. The summed E-state index contributed by atoms with van der Waals surface area (Å²) in [5, 5.41) is 3.49. The summed E-state index contributed by atoms with van der Waals surface area (Å²) in [6, 6.07) is 7.66. The highest BCUT2D eigenvalue weighted by molar-refractivity contribution is 5.58. The molecule has 0 radical (unpaired) electrons. The maximum absolute atomic E-state index is 3.49. The molecule has 0 amide bonds. The Morgan fingerprint density at radius 1 is 1.26 bits per heavy atom. The third-order valence-corrected chi connectivity index (χ3v) is 4.77. The van der Waals surface area contributed by atoms with Gasteiger partial charge in [0.2, 0.25) is 0 Å². The minimum atomic E-state index is 0.754. The molecule has 1 aromatic rings. The van der Waals surface area contributed by atoms with Crippen molar-refractivity contribution in [1.29, 1.82) is 0 Å². The van der Waals surface area contributed by atoms with E-state index >= 15 is 0 Å². The zero-order chi connectivity index (χ0) is 13.1. The Morgan fingerprint density at radius 2 is 2.21 bits per heavy atom. The fourth-order valence-electron chi connectivity index (χ4n) is 3.70. The zero-order valence-corrected chi connectivity index (χ0v) is 12.1. The fraction of sp³-hybridized carbons (Fsp3) is 0.647. The number of benzene rings is 1. The van der Waals surface area contributed by atoms with Crippen LogP contribution in [0.25, 0.3) is 0 Å². The molecule has 1 saturated heterocycles. The summed E-state index contributed by atoms with van der Waals surface area (Å²) in [5.41, 5.74) is 4.66. The number of hydrogen-bond acceptors (Lipinski definition) is 2. The van der Waals surface area contributed by atoms with Gasteiger partial charge in [0.15, 0.2) is 0 Å². The van der Waals surface area contributed by atoms with E-state index in [9.17, 15) is 0 Å². The number of anilines is 1. The average molecular weight is 258 g/mol. The Morgan fingerprint density at radius 3 is 3.11 bits per heavy atom. The van der Waals surface area contributed by atoms with E-state index in [1.807, 2.05) is 0 Å². The van der Waals surface area contributed by atoms with E-state index in [4.69, 9.17) is 0 Å². The lowest BCUT2D eigenvalue weighted by Gasteiger charge is -2.35. The van der Waals surface area contributed by atoms with Crippen molar-refractivity contribution >= 4 is 5.69 Å². The molecule has 2 nitrogen and oxygen atoms in total. The quantitative estimate of drug-likeness (QED) is 0.873. The van der Waals surface area contributed by atoms with Gasteiger partial charge >= 0.3 is 0 Å². The highest BCUT2D eigenvalue weighted by Crippen LogP contribution is 2.31. The minimum Gasteiger partial charge on any atom is -0.368 e. The van der Waals surface area contributed by atoms with Gasteiger partial charge in [0.25, 0.3) is 0 Å². The summed E-state index contributed by atoms with van der Waals surface area (Å²) in [5.74, 6) is 0. The van der Waals surface area contributed by atoms with Crippen molar-refractivity contribution in [3.8, 4) is 0 Å². The summed E-state index contributed by atoms with van der Waals surface area (Å²) >= 11 is 0. The Hall–Kier alpha value is -1.02. The van der Waals surface area contributed by atoms with Crippen LogP contribution in [0.15, 0.2) is 18.2 Å². The molecule has 1 unspecified atom stereocenters. The van der Waals surface area contributed by atoms with Crippen LogP contribution >= 0.6 is 0 Å². The molecule has 104 valence electrons. The van der Waals surface area contributed by atoms with Gasteiger partial charge in [-0.3, -0.25) is 0 Å². The second-order valence-corrected chi connectivity index (χ2v) is 5.95. The predicted octanol–water partition coefficient (Wildman–Crippen LogP) is 3.49. The maximum atomic E-state index is 3.49. The van der Waals surface area contributed by atoms with Crippen LogP contribution in [0.5, 0.6) is 0 Å². The molecule has 2 aliphatic rings. The molecule has 0 aromatic heterocycles. The molecule has 0 spiro atoms. The topological polar surface area (TPSA) is 15.3 Å². The highest BCUT2D eigenvalue weighted by atomic mass is 15.2. The lowest BCUT2D eigenvalue weighted by molar-refractivity contribution is 0.552. The lowest BCUT2D eigenvalue weighted by atomic mass is 9.97. The van der Waals surface area contributed by atoms with Gasteiger partial charge < -0.3 is 10.2 Å². The van der Waals surface area contributed by atoms with Crippen LogP contribution in [0.2, 0.25) is 0 Å². The van der Waals surface area contributed by atoms with Gasteiger partial charge in [0, 0.05) is 24.8 Å². The zero-order valence-electron chi connectivity index (χ0n) is 12.1.